The molecule has 26 heavy (non-hydrogen) atoms. The molecule has 1 saturated heterocycles. The van der Waals surface area contributed by atoms with Crippen LogP contribution in [0.5, 0.6) is 0 Å². The Morgan fingerprint density at radius 3 is 2.50 bits per heavy atom. The largest absolute Gasteiger partial charge is 0.366 e. The van der Waals surface area contributed by atoms with Crippen molar-refractivity contribution in [3.05, 3.63) is 47.0 Å². The third-order valence-corrected chi connectivity index (χ3v) is 5.84. The van der Waals surface area contributed by atoms with Crippen LogP contribution in [0.4, 0.5) is 20.2 Å². The second-order valence-electron chi connectivity index (χ2n) is 5.94. The molecule has 0 aliphatic carbocycles. The SMILES string of the molecule is O=[N+]([O-])c1cc(S(=O)(=O)C(F)F)ccc1N1CCC(n2ccnc2)CC1. The lowest BCUT2D eigenvalue weighted by atomic mass is 10.0. The Balaban J connectivity index is 1.85. The zero-order valence-electron chi connectivity index (χ0n) is 13.5. The van der Waals surface area contributed by atoms with E-state index in [0.29, 0.717) is 19.2 Å². The van der Waals surface area contributed by atoms with Gasteiger partial charge in [-0.1, -0.05) is 0 Å². The first-order valence-electron chi connectivity index (χ1n) is 7.83. The number of hydrogen-bond acceptors (Lipinski definition) is 6. The van der Waals surface area contributed by atoms with E-state index in [-0.39, 0.29) is 11.7 Å². The van der Waals surface area contributed by atoms with E-state index in [2.05, 4.69) is 4.98 Å². The van der Waals surface area contributed by atoms with Crippen molar-refractivity contribution in [3.63, 3.8) is 0 Å². The minimum Gasteiger partial charge on any atom is -0.366 e. The molecule has 1 aromatic heterocycles. The van der Waals surface area contributed by atoms with Gasteiger partial charge in [0.1, 0.15) is 5.69 Å². The fraction of sp³-hybridized carbons (Fsp3) is 0.400. The van der Waals surface area contributed by atoms with Crippen LogP contribution in [-0.4, -0.2) is 41.7 Å². The molecule has 1 aromatic carbocycles. The molecule has 1 aliphatic heterocycles. The minimum absolute atomic E-state index is 0.228. The lowest BCUT2D eigenvalue weighted by molar-refractivity contribution is -0.384. The van der Waals surface area contributed by atoms with E-state index in [1.807, 2.05) is 10.8 Å². The van der Waals surface area contributed by atoms with Gasteiger partial charge in [0.25, 0.3) is 5.69 Å². The summed E-state index contributed by atoms with van der Waals surface area (Å²) in [6.45, 7) is 1.04. The first-order chi connectivity index (χ1) is 12.3. The smallest absolute Gasteiger partial charge is 0.341 e. The predicted molar refractivity (Wildman–Crippen MR) is 89.0 cm³/mol. The molecule has 1 fully saturated rings. The lowest BCUT2D eigenvalue weighted by Crippen LogP contribution is -2.34. The molecule has 0 spiro atoms. The number of nitrogens with zero attached hydrogens (tertiary/aromatic N) is 4. The van der Waals surface area contributed by atoms with Gasteiger partial charge < -0.3 is 9.47 Å². The lowest BCUT2D eigenvalue weighted by Gasteiger charge is -2.33. The number of nitro groups is 1. The summed E-state index contributed by atoms with van der Waals surface area (Å²) in [4.78, 5) is 15.6. The summed E-state index contributed by atoms with van der Waals surface area (Å²) in [5.74, 6) is -3.63. The number of piperidine rings is 1. The molecule has 0 saturated carbocycles. The van der Waals surface area contributed by atoms with E-state index in [4.69, 9.17) is 0 Å². The fourth-order valence-corrected chi connectivity index (χ4v) is 3.83. The molecule has 140 valence electrons. The molecule has 0 amide bonds. The van der Waals surface area contributed by atoms with Crippen LogP contribution < -0.4 is 4.90 Å². The van der Waals surface area contributed by atoms with Gasteiger partial charge in [0.2, 0.25) is 9.84 Å². The van der Waals surface area contributed by atoms with Gasteiger partial charge in [0, 0.05) is 37.6 Å². The molecule has 0 radical (unpaired) electrons. The number of benzene rings is 1. The van der Waals surface area contributed by atoms with Crippen molar-refractivity contribution in [1.29, 1.82) is 0 Å². The molecule has 0 atom stereocenters. The van der Waals surface area contributed by atoms with Crippen molar-refractivity contribution in [2.24, 2.45) is 0 Å². The van der Waals surface area contributed by atoms with Gasteiger partial charge in [-0.3, -0.25) is 10.1 Å². The highest BCUT2D eigenvalue weighted by Crippen LogP contribution is 2.35. The second-order valence-corrected chi connectivity index (χ2v) is 7.86. The van der Waals surface area contributed by atoms with Crippen molar-refractivity contribution in [1.82, 2.24) is 9.55 Å². The average Bonchev–Trinajstić information content (AvgIpc) is 3.16. The van der Waals surface area contributed by atoms with Crippen LogP contribution in [0.15, 0.2) is 41.8 Å². The van der Waals surface area contributed by atoms with Crippen LogP contribution in [0.1, 0.15) is 18.9 Å². The Bertz CT molecular complexity index is 894. The molecule has 8 nitrogen and oxygen atoms in total. The highest BCUT2D eigenvalue weighted by atomic mass is 32.2. The maximum atomic E-state index is 12.7. The number of aromatic nitrogens is 2. The maximum absolute atomic E-state index is 12.7. The number of rotatable bonds is 5. The highest BCUT2D eigenvalue weighted by molar-refractivity contribution is 7.91. The van der Waals surface area contributed by atoms with Gasteiger partial charge in [-0.15, -0.1) is 0 Å². The quantitative estimate of drug-likeness (QED) is 0.579. The van der Waals surface area contributed by atoms with Crippen LogP contribution in [0.25, 0.3) is 0 Å². The van der Waals surface area contributed by atoms with Gasteiger partial charge in [0.15, 0.2) is 0 Å². The van der Waals surface area contributed by atoms with E-state index in [1.54, 1.807) is 17.4 Å². The molecule has 2 aromatic rings. The topological polar surface area (TPSA) is 98.3 Å². The van der Waals surface area contributed by atoms with E-state index in [1.165, 1.54) is 6.07 Å². The van der Waals surface area contributed by atoms with Gasteiger partial charge >= 0.3 is 5.76 Å². The van der Waals surface area contributed by atoms with Gasteiger partial charge in [-0.05, 0) is 25.0 Å². The molecule has 2 heterocycles. The third-order valence-electron chi connectivity index (χ3n) is 4.46. The summed E-state index contributed by atoms with van der Waals surface area (Å²) in [5, 5.41) is 11.3. The summed E-state index contributed by atoms with van der Waals surface area (Å²) < 4.78 is 50.5. The Morgan fingerprint density at radius 2 is 1.96 bits per heavy atom. The Morgan fingerprint density at radius 1 is 1.27 bits per heavy atom. The van der Waals surface area contributed by atoms with E-state index in [9.17, 15) is 27.3 Å². The molecular formula is C15H16F2N4O4S. The first-order valence-corrected chi connectivity index (χ1v) is 9.38. The van der Waals surface area contributed by atoms with Crippen LogP contribution in [-0.2, 0) is 9.84 Å². The summed E-state index contributed by atoms with van der Waals surface area (Å²) >= 11 is 0. The molecule has 1 aliphatic rings. The Kier molecular flexibility index (Phi) is 4.90. The predicted octanol–water partition coefficient (Wildman–Crippen LogP) is 2.63. The summed E-state index contributed by atoms with van der Waals surface area (Å²) in [5.41, 5.74) is -0.264. The Hall–Kier alpha value is -2.56. The van der Waals surface area contributed by atoms with Crippen molar-refractivity contribution in [2.45, 2.75) is 29.5 Å². The first kappa shape index (κ1) is 18.2. The Labute approximate surface area is 148 Å². The van der Waals surface area contributed by atoms with E-state index >= 15 is 0 Å². The number of alkyl halides is 2. The zero-order valence-corrected chi connectivity index (χ0v) is 14.3. The number of halogens is 2. The molecular weight excluding hydrogens is 370 g/mol. The average molecular weight is 386 g/mol. The van der Waals surface area contributed by atoms with Gasteiger partial charge in [-0.2, -0.15) is 8.78 Å². The minimum atomic E-state index is -4.89. The molecule has 0 unspecified atom stereocenters. The van der Waals surface area contributed by atoms with Crippen LogP contribution in [0, 0.1) is 10.1 Å². The number of anilines is 1. The standard InChI is InChI=1S/C15H16F2N4O4S/c16-15(17)26(24,25)12-1-2-13(14(9-12)21(22)23)19-6-3-11(4-7-19)20-8-5-18-10-20/h1-2,5,8-11,15H,3-4,6-7H2. The van der Waals surface area contributed by atoms with Crippen LogP contribution >= 0.6 is 0 Å². The van der Waals surface area contributed by atoms with Gasteiger partial charge in [-0.25, -0.2) is 13.4 Å². The van der Waals surface area contributed by atoms with Crippen LogP contribution in [0.2, 0.25) is 0 Å². The molecule has 11 heteroatoms. The zero-order chi connectivity index (χ0) is 18.9. The summed E-state index contributed by atoms with van der Waals surface area (Å²) in [6, 6.07) is 3.15. The van der Waals surface area contributed by atoms with Gasteiger partial charge in [0.05, 0.1) is 16.1 Å². The third kappa shape index (κ3) is 3.39. The number of imidazole rings is 1. The van der Waals surface area contributed by atoms with E-state index < -0.39 is 31.1 Å². The van der Waals surface area contributed by atoms with Crippen molar-refractivity contribution >= 4 is 21.2 Å². The van der Waals surface area contributed by atoms with Crippen molar-refractivity contribution in [2.75, 3.05) is 18.0 Å². The monoisotopic (exact) mass is 386 g/mol. The van der Waals surface area contributed by atoms with Crippen LogP contribution in [0.3, 0.4) is 0 Å². The number of sulfone groups is 1. The number of hydrogen-bond donors (Lipinski definition) is 0. The summed E-state index contributed by atoms with van der Waals surface area (Å²) in [6.07, 6.45) is 6.70. The highest BCUT2D eigenvalue weighted by Gasteiger charge is 2.31. The summed E-state index contributed by atoms with van der Waals surface area (Å²) in [7, 11) is -4.89. The molecule has 0 bridgehead atoms. The maximum Gasteiger partial charge on any atom is 0.341 e. The van der Waals surface area contributed by atoms with E-state index in [0.717, 1.165) is 18.9 Å². The van der Waals surface area contributed by atoms with Crippen molar-refractivity contribution in [3.8, 4) is 0 Å². The number of nitro benzene ring substituents is 1. The normalized spacial score (nSPS) is 16.2. The molecule has 3 rings (SSSR count). The fourth-order valence-electron chi connectivity index (χ4n) is 3.09. The second kappa shape index (κ2) is 6.98. The molecule has 0 N–H and O–H groups in total. The van der Waals surface area contributed by atoms with Crippen molar-refractivity contribution < 1.29 is 22.1 Å².